The molecule has 0 unspecified atom stereocenters. The highest BCUT2D eigenvalue weighted by atomic mass is 79.9. The van der Waals surface area contributed by atoms with Gasteiger partial charge in [-0.15, -0.1) is 0 Å². The van der Waals surface area contributed by atoms with Gasteiger partial charge in [0.15, 0.2) is 0 Å². The zero-order valence-electron chi connectivity index (χ0n) is 21.2. The van der Waals surface area contributed by atoms with Crippen molar-refractivity contribution in [2.24, 2.45) is 10.8 Å². The Morgan fingerprint density at radius 2 is 1.76 bits per heavy atom. The van der Waals surface area contributed by atoms with Crippen LogP contribution < -0.4 is 10.9 Å². The molecular formula is C27H30BrN5O5. The van der Waals surface area contributed by atoms with Crippen LogP contribution in [0, 0.1) is 27.9 Å². The van der Waals surface area contributed by atoms with Crippen LogP contribution in [-0.4, -0.2) is 63.7 Å². The van der Waals surface area contributed by atoms with Gasteiger partial charge < -0.3 is 20.1 Å². The van der Waals surface area contributed by atoms with Crippen molar-refractivity contribution in [3.63, 3.8) is 0 Å². The number of carbonyl (C=O) groups is 2. The van der Waals surface area contributed by atoms with Crippen LogP contribution in [0.25, 0.3) is 0 Å². The number of hydrogen-bond acceptors (Lipinski definition) is 6. The Hall–Kier alpha value is -3.21. The number of aromatic nitrogens is 1. The number of anilines is 1. The first-order valence-corrected chi connectivity index (χ1v) is 13.9. The lowest BCUT2D eigenvalue weighted by Crippen LogP contribution is -2.40. The molecule has 2 aromatic rings. The summed E-state index contributed by atoms with van der Waals surface area (Å²) < 4.78 is 0.475. The average molecular weight is 584 g/mol. The molecule has 4 fully saturated rings. The van der Waals surface area contributed by atoms with Gasteiger partial charge in [-0.1, -0.05) is 15.9 Å². The van der Waals surface area contributed by atoms with Crippen LogP contribution in [0.1, 0.15) is 64.9 Å². The van der Waals surface area contributed by atoms with Gasteiger partial charge in [0.25, 0.3) is 17.5 Å². The molecule has 2 spiro atoms. The molecule has 1 aromatic carbocycles. The lowest BCUT2D eigenvalue weighted by atomic mass is 9.93. The number of benzene rings is 1. The molecule has 2 aliphatic carbocycles. The predicted octanol–water partition coefficient (Wildman–Crippen LogP) is 4.09. The van der Waals surface area contributed by atoms with Crippen molar-refractivity contribution in [3.05, 3.63) is 66.0 Å². The van der Waals surface area contributed by atoms with Crippen LogP contribution in [0.4, 0.5) is 11.4 Å². The van der Waals surface area contributed by atoms with Crippen molar-refractivity contribution in [3.8, 4) is 0 Å². The third-order valence-corrected chi connectivity index (χ3v) is 9.41. The van der Waals surface area contributed by atoms with Crippen molar-refractivity contribution >= 4 is 39.1 Å². The minimum atomic E-state index is -0.463. The lowest BCUT2D eigenvalue weighted by molar-refractivity contribution is -0.384. The minimum absolute atomic E-state index is 0.163. The van der Waals surface area contributed by atoms with Crippen LogP contribution in [-0.2, 0) is 0 Å². The second kappa shape index (κ2) is 8.93. The fourth-order valence-electron chi connectivity index (χ4n) is 6.24. The van der Waals surface area contributed by atoms with E-state index in [1.54, 1.807) is 24.0 Å². The molecule has 0 radical (unpaired) electrons. The number of halogens is 1. The zero-order valence-corrected chi connectivity index (χ0v) is 22.8. The molecule has 0 bridgehead atoms. The van der Waals surface area contributed by atoms with Crippen LogP contribution >= 0.6 is 15.9 Å². The summed E-state index contributed by atoms with van der Waals surface area (Å²) in [5.41, 5.74) is 1.13. The van der Waals surface area contributed by atoms with Crippen molar-refractivity contribution in [2.45, 2.75) is 51.5 Å². The van der Waals surface area contributed by atoms with E-state index in [2.05, 4.69) is 26.2 Å². The van der Waals surface area contributed by atoms with Crippen molar-refractivity contribution in [1.29, 1.82) is 0 Å². The van der Waals surface area contributed by atoms with E-state index in [0.717, 1.165) is 25.7 Å². The maximum atomic E-state index is 13.7. The molecule has 11 heteroatoms. The number of nitro benzene ring substituents is 1. The Morgan fingerprint density at radius 3 is 2.37 bits per heavy atom. The van der Waals surface area contributed by atoms with Crippen LogP contribution in [0.15, 0.2) is 33.5 Å². The Morgan fingerprint density at radius 1 is 1.05 bits per heavy atom. The maximum Gasteiger partial charge on any atom is 0.294 e. The summed E-state index contributed by atoms with van der Waals surface area (Å²) in [5, 5.41) is 15.5. The predicted molar refractivity (Wildman–Crippen MR) is 144 cm³/mol. The van der Waals surface area contributed by atoms with Gasteiger partial charge in [-0.3, -0.25) is 24.5 Å². The van der Waals surface area contributed by atoms with E-state index in [0.29, 0.717) is 47.3 Å². The van der Waals surface area contributed by atoms with E-state index < -0.39 is 4.92 Å². The van der Waals surface area contributed by atoms with Gasteiger partial charge in [0, 0.05) is 59.5 Å². The number of nitrogens with zero attached hydrogens (tertiary/aromatic N) is 3. The average Bonchev–Trinajstić information content (AvgIpc) is 3.78. The number of carbonyl (C=O) groups excluding carboxylic acids is 2. The molecule has 200 valence electrons. The first-order valence-electron chi connectivity index (χ1n) is 13.1. The second-order valence-corrected chi connectivity index (χ2v) is 12.5. The number of H-pyrrole nitrogens is 1. The molecule has 10 nitrogen and oxygen atoms in total. The number of nitrogens with one attached hydrogen (secondary N) is 2. The van der Waals surface area contributed by atoms with E-state index in [1.165, 1.54) is 25.0 Å². The van der Waals surface area contributed by atoms with Gasteiger partial charge in [-0.05, 0) is 63.0 Å². The first-order chi connectivity index (χ1) is 18.1. The molecule has 2 amide bonds. The summed E-state index contributed by atoms with van der Waals surface area (Å²) >= 11 is 3.37. The summed E-state index contributed by atoms with van der Waals surface area (Å²) in [5.74, 6) is -0.444. The number of amides is 2. The number of aromatic amines is 1. The second-order valence-electron chi connectivity index (χ2n) is 11.6. The largest absolute Gasteiger partial charge is 0.374 e. The fourth-order valence-corrected chi connectivity index (χ4v) is 6.69. The van der Waals surface area contributed by atoms with E-state index in [4.69, 9.17) is 0 Å². The van der Waals surface area contributed by atoms with E-state index in [-0.39, 0.29) is 45.8 Å². The highest BCUT2D eigenvalue weighted by Gasteiger charge is 2.56. The molecule has 3 heterocycles. The van der Waals surface area contributed by atoms with Gasteiger partial charge in [0.05, 0.1) is 16.5 Å². The first kappa shape index (κ1) is 25.1. The molecule has 2 saturated heterocycles. The SMILES string of the molecule is Cc1cc(C(=O)N2C[C@H](Nc3c(C(=O)N4CCC5(CC4)CC5)cc(Br)cc3[N+](=O)[O-])C3(CC3)C2)cc(=O)[nH]1. The normalized spacial score (nSPS) is 22.5. The molecule has 1 aromatic heterocycles. The number of piperidine rings is 1. The number of likely N-dealkylation sites (tertiary alicyclic amines) is 2. The van der Waals surface area contributed by atoms with Crippen LogP contribution in [0.3, 0.4) is 0 Å². The highest BCUT2D eigenvalue weighted by Crippen LogP contribution is 2.55. The molecule has 38 heavy (non-hydrogen) atoms. The molecule has 6 rings (SSSR count). The molecule has 2 saturated carbocycles. The lowest BCUT2D eigenvalue weighted by Gasteiger charge is -2.33. The Labute approximate surface area is 228 Å². The van der Waals surface area contributed by atoms with Crippen molar-refractivity contribution < 1.29 is 14.5 Å². The Bertz CT molecular complexity index is 1400. The van der Waals surface area contributed by atoms with Crippen molar-refractivity contribution in [2.75, 3.05) is 31.5 Å². The molecule has 2 aliphatic heterocycles. The third-order valence-electron chi connectivity index (χ3n) is 8.95. The monoisotopic (exact) mass is 583 g/mol. The summed E-state index contributed by atoms with van der Waals surface area (Å²) in [4.78, 5) is 56.8. The number of nitro groups is 1. The minimum Gasteiger partial charge on any atom is -0.374 e. The van der Waals surface area contributed by atoms with Gasteiger partial charge in [-0.2, -0.15) is 0 Å². The number of pyridine rings is 1. The Balaban J connectivity index is 1.29. The van der Waals surface area contributed by atoms with Gasteiger partial charge in [-0.25, -0.2) is 0 Å². The van der Waals surface area contributed by atoms with Gasteiger partial charge in [0.1, 0.15) is 5.69 Å². The van der Waals surface area contributed by atoms with Crippen LogP contribution in [0.2, 0.25) is 0 Å². The quantitative estimate of drug-likeness (QED) is 0.403. The standard InChI is InChI=1S/C27H30BrN5O5/c1-16-10-17(11-22(34)29-16)24(35)32-14-21(27(15-32)4-5-27)30-23-19(12-18(28)13-20(23)33(37)38)25(36)31-8-6-26(2-3-26)7-9-31/h10-13,21,30H,2-9,14-15H2,1H3,(H,29,34)/t21-/m0/s1. The molecule has 2 N–H and O–H groups in total. The smallest absolute Gasteiger partial charge is 0.294 e. The summed E-state index contributed by atoms with van der Waals surface area (Å²) in [6, 6.07) is 5.79. The zero-order chi connectivity index (χ0) is 26.8. The van der Waals surface area contributed by atoms with E-state index >= 15 is 0 Å². The maximum absolute atomic E-state index is 13.7. The van der Waals surface area contributed by atoms with E-state index in [1.807, 2.05) is 4.90 Å². The van der Waals surface area contributed by atoms with Gasteiger partial charge >= 0.3 is 0 Å². The number of rotatable bonds is 5. The van der Waals surface area contributed by atoms with E-state index in [9.17, 15) is 24.5 Å². The number of aryl methyl sites for hydroxylation is 1. The van der Waals surface area contributed by atoms with Crippen molar-refractivity contribution in [1.82, 2.24) is 14.8 Å². The third kappa shape index (κ3) is 4.50. The summed E-state index contributed by atoms with van der Waals surface area (Å²) in [6.45, 7) is 3.87. The molecule has 4 aliphatic rings. The van der Waals surface area contributed by atoms with Gasteiger partial charge in [0.2, 0.25) is 5.56 Å². The Kier molecular flexibility index (Phi) is 5.89. The fraction of sp³-hybridized carbons (Fsp3) is 0.519. The topological polar surface area (TPSA) is 129 Å². The summed E-state index contributed by atoms with van der Waals surface area (Å²) in [7, 11) is 0. The highest BCUT2D eigenvalue weighted by molar-refractivity contribution is 9.10. The summed E-state index contributed by atoms with van der Waals surface area (Å²) in [6.07, 6.45) is 6.15. The van der Waals surface area contributed by atoms with Crippen LogP contribution in [0.5, 0.6) is 0 Å². The molecule has 1 atom stereocenters. The molecular weight excluding hydrogens is 554 g/mol. The number of hydrogen-bond donors (Lipinski definition) is 2.